The number of thiophene rings is 1. The van der Waals surface area contributed by atoms with Crippen molar-refractivity contribution in [3.8, 4) is 6.07 Å². The van der Waals surface area contributed by atoms with E-state index < -0.39 is 12.6 Å². The summed E-state index contributed by atoms with van der Waals surface area (Å²) in [6.45, 7) is 8.46. The number of rotatable bonds is 4. The number of aryl methyl sites for hydroxylation is 2. The van der Waals surface area contributed by atoms with Gasteiger partial charge in [0.2, 0.25) is 0 Å². The van der Waals surface area contributed by atoms with Crippen LogP contribution in [0.3, 0.4) is 0 Å². The van der Waals surface area contributed by atoms with Crippen molar-refractivity contribution in [1.82, 2.24) is 19.9 Å². The molecule has 0 saturated carbocycles. The summed E-state index contributed by atoms with van der Waals surface area (Å²) in [5, 5.41) is 11.1. The van der Waals surface area contributed by atoms with Crippen molar-refractivity contribution in [2.45, 2.75) is 45.8 Å². The number of aromatic amines is 1. The SMILES string of the molecule is Cc1nc(N2CCC3(CCN(Cc4ccc5[nH]c(C#N)cc5c4C)C3)C2)c2cc(CC(F)(F)F)sc2n1. The molecule has 1 spiro atoms. The Morgan fingerprint density at radius 3 is 2.70 bits per heavy atom. The second-order valence-corrected chi connectivity index (χ2v) is 11.7. The Kier molecular flexibility index (Phi) is 5.69. The highest BCUT2D eigenvalue weighted by atomic mass is 32.1. The van der Waals surface area contributed by atoms with Crippen LogP contribution in [0.2, 0.25) is 0 Å². The molecular formula is C27H27F3N6S. The van der Waals surface area contributed by atoms with Crippen LogP contribution in [0.4, 0.5) is 19.0 Å². The van der Waals surface area contributed by atoms with E-state index in [2.05, 4.69) is 49.9 Å². The first-order valence-corrected chi connectivity index (χ1v) is 13.3. The van der Waals surface area contributed by atoms with E-state index in [0.29, 0.717) is 16.3 Å². The predicted molar refractivity (Wildman–Crippen MR) is 139 cm³/mol. The number of likely N-dealkylation sites (tertiary alicyclic amines) is 1. The molecule has 3 aromatic heterocycles. The summed E-state index contributed by atoms with van der Waals surface area (Å²) in [6.07, 6.45) is -3.05. The third-order valence-electron chi connectivity index (χ3n) is 7.86. The van der Waals surface area contributed by atoms with Gasteiger partial charge in [0.1, 0.15) is 28.2 Å². The highest BCUT2D eigenvalue weighted by Crippen LogP contribution is 2.43. The Morgan fingerprint density at radius 2 is 1.92 bits per heavy atom. The maximum absolute atomic E-state index is 13.0. The smallest absolute Gasteiger partial charge is 0.355 e. The number of nitriles is 1. The van der Waals surface area contributed by atoms with Gasteiger partial charge in [-0.3, -0.25) is 4.90 Å². The fourth-order valence-corrected chi connectivity index (χ4v) is 7.16. The molecule has 5 heterocycles. The van der Waals surface area contributed by atoms with Gasteiger partial charge in [0.15, 0.2) is 0 Å². The van der Waals surface area contributed by atoms with Gasteiger partial charge in [-0.15, -0.1) is 11.3 Å². The number of alkyl halides is 3. The van der Waals surface area contributed by atoms with E-state index in [1.165, 1.54) is 11.1 Å². The quantitative estimate of drug-likeness (QED) is 0.362. The Bertz CT molecular complexity index is 1550. The Morgan fingerprint density at radius 1 is 1.11 bits per heavy atom. The summed E-state index contributed by atoms with van der Waals surface area (Å²) in [5.41, 5.74) is 4.18. The first kappa shape index (κ1) is 24.2. The van der Waals surface area contributed by atoms with Crippen molar-refractivity contribution in [3.63, 3.8) is 0 Å². The fraction of sp³-hybridized carbons (Fsp3) is 0.444. The van der Waals surface area contributed by atoms with Crippen LogP contribution in [0.25, 0.3) is 21.1 Å². The molecule has 37 heavy (non-hydrogen) atoms. The molecule has 6 nitrogen and oxygen atoms in total. The molecule has 10 heteroatoms. The molecule has 2 aliphatic heterocycles. The number of fused-ring (bicyclic) bond motifs is 2. The van der Waals surface area contributed by atoms with E-state index in [-0.39, 0.29) is 10.3 Å². The van der Waals surface area contributed by atoms with Crippen LogP contribution in [0.15, 0.2) is 24.3 Å². The molecule has 0 amide bonds. The zero-order valence-corrected chi connectivity index (χ0v) is 21.6. The summed E-state index contributed by atoms with van der Waals surface area (Å²) < 4.78 is 39.0. The second kappa shape index (κ2) is 8.71. The molecule has 1 N–H and O–H groups in total. The van der Waals surface area contributed by atoms with Gasteiger partial charge in [0, 0.05) is 47.4 Å². The molecule has 2 fully saturated rings. The Hall–Kier alpha value is -3.16. The van der Waals surface area contributed by atoms with Crippen LogP contribution >= 0.6 is 11.3 Å². The van der Waals surface area contributed by atoms with Crippen LogP contribution in [0.5, 0.6) is 0 Å². The average molecular weight is 525 g/mol. The third kappa shape index (κ3) is 4.55. The van der Waals surface area contributed by atoms with Gasteiger partial charge in [-0.05, 0) is 62.6 Å². The summed E-state index contributed by atoms with van der Waals surface area (Å²) in [5.74, 6) is 1.36. The van der Waals surface area contributed by atoms with Crippen molar-refractivity contribution >= 4 is 38.3 Å². The minimum absolute atomic E-state index is 0.149. The average Bonchev–Trinajstić information content (AvgIpc) is 3.60. The van der Waals surface area contributed by atoms with Gasteiger partial charge in [-0.2, -0.15) is 18.4 Å². The minimum Gasteiger partial charge on any atom is -0.355 e. The molecule has 1 aromatic carbocycles. The second-order valence-electron chi connectivity index (χ2n) is 10.6. The van der Waals surface area contributed by atoms with Crippen LogP contribution < -0.4 is 4.90 Å². The Labute approximate surface area is 216 Å². The normalized spacial score (nSPS) is 20.6. The number of benzene rings is 1. The molecule has 0 bridgehead atoms. The van der Waals surface area contributed by atoms with Crippen molar-refractivity contribution in [2.24, 2.45) is 5.41 Å². The van der Waals surface area contributed by atoms with Crippen LogP contribution in [-0.4, -0.2) is 52.2 Å². The summed E-state index contributed by atoms with van der Waals surface area (Å²) >= 11 is 1.12. The molecule has 4 aromatic rings. The maximum atomic E-state index is 13.0. The van der Waals surface area contributed by atoms with Gasteiger partial charge >= 0.3 is 6.18 Å². The van der Waals surface area contributed by atoms with E-state index in [0.717, 1.165) is 79.0 Å². The molecule has 1 atom stereocenters. The van der Waals surface area contributed by atoms with Gasteiger partial charge in [0.05, 0.1) is 11.8 Å². The van der Waals surface area contributed by atoms with E-state index >= 15 is 0 Å². The highest BCUT2D eigenvalue weighted by molar-refractivity contribution is 7.18. The van der Waals surface area contributed by atoms with Crippen LogP contribution in [0.1, 0.15) is 40.4 Å². The Balaban J connectivity index is 1.20. The molecule has 2 aliphatic rings. The number of anilines is 1. The van der Waals surface area contributed by atoms with E-state index in [1.807, 2.05) is 6.07 Å². The number of aromatic nitrogens is 3. The molecule has 0 radical (unpaired) electrons. The summed E-state index contributed by atoms with van der Waals surface area (Å²) in [7, 11) is 0. The molecular weight excluding hydrogens is 497 g/mol. The lowest BCUT2D eigenvalue weighted by molar-refractivity contribution is -0.126. The van der Waals surface area contributed by atoms with Crippen molar-refractivity contribution < 1.29 is 13.2 Å². The van der Waals surface area contributed by atoms with Crippen molar-refractivity contribution in [3.05, 3.63) is 51.8 Å². The first-order chi connectivity index (χ1) is 17.6. The number of halogens is 3. The van der Waals surface area contributed by atoms with Gasteiger partial charge < -0.3 is 9.88 Å². The van der Waals surface area contributed by atoms with E-state index in [1.54, 1.807) is 13.0 Å². The monoisotopic (exact) mass is 524 g/mol. The molecule has 2 saturated heterocycles. The topological polar surface area (TPSA) is 71.8 Å². The van der Waals surface area contributed by atoms with E-state index in [9.17, 15) is 18.4 Å². The zero-order valence-electron chi connectivity index (χ0n) is 20.7. The third-order valence-corrected chi connectivity index (χ3v) is 8.89. The van der Waals surface area contributed by atoms with Crippen LogP contribution in [-0.2, 0) is 13.0 Å². The molecule has 0 aliphatic carbocycles. The zero-order chi connectivity index (χ0) is 25.9. The molecule has 192 valence electrons. The summed E-state index contributed by atoms with van der Waals surface area (Å²) in [4.78, 5) is 17.9. The van der Waals surface area contributed by atoms with Crippen molar-refractivity contribution in [1.29, 1.82) is 5.26 Å². The summed E-state index contributed by atoms with van der Waals surface area (Å²) in [6, 6.07) is 9.94. The highest BCUT2D eigenvalue weighted by Gasteiger charge is 2.44. The molecule has 6 rings (SSSR count). The van der Waals surface area contributed by atoms with Crippen LogP contribution in [0, 0.1) is 30.6 Å². The van der Waals surface area contributed by atoms with Gasteiger partial charge in [-0.1, -0.05) is 6.07 Å². The number of hydrogen-bond acceptors (Lipinski definition) is 6. The predicted octanol–water partition coefficient (Wildman–Crippen LogP) is 5.87. The fourth-order valence-electron chi connectivity index (χ4n) is 6.06. The maximum Gasteiger partial charge on any atom is 0.393 e. The molecule has 1 unspecified atom stereocenters. The standard InChI is InChI=1S/C27H27F3N6S/c1-16-18(3-4-23-21(16)9-19(12-31)34-23)13-35-7-5-26(14-35)6-8-36(15-26)24-22-10-20(11-27(28,29)30)37-25(22)33-17(2)32-24/h3-4,9-10,34H,5-8,11,13-15H2,1-2H3. The van der Waals surface area contributed by atoms with Gasteiger partial charge in [0.25, 0.3) is 0 Å². The largest absolute Gasteiger partial charge is 0.393 e. The number of H-pyrrole nitrogens is 1. The number of nitrogens with zero attached hydrogens (tertiary/aromatic N) is 5. The first-order valence-electron chi connectivity index (χ1n) is 12.4. The minimum atomic E-state index is -4.24. The lowest BCUT2D eigenvalue weighted by Crippen LogP contribution is -2.31. The lowest BCUT2D eigenvalue weighted by atomic mass is 9.86. The lowest BCUT2D eigenvalue weighted by Gasteiger charge is -2.26. The van der Waals surface area contributed by atoms with Crippen molar-refractivity contribution in [2.75, 3.05) is 31.1 Å². The number of hydrogen-bond donors (Lipinski definition) is 1. The van der Waals surface area contributed by atoms with E-state index in [4.69, 9.17) is 0 Å². The number of nitrogens with one attached hydrogen (secondary N) is 1. The van der Waals surface area contributed by atoms with Gasteiger partial charge in [-0.25, -0.2) is 9.97 Å².